The highest BCUT2D eigenvalue weighted by atomic mass is 16.6. The molecule has 1 unspecified atom stereocenters. The maximum absolute atomic E-state index is 11.7. The van der Waals surface area contributed by atoms with E-state index in [1.807, 2.05) is 0 Å². The second-order valence-electron chi connectivity index (χ2n) is 3.77. The number of carbonyl (C=O) groups is 2. The third-order valence-corrected chi connectivity index (χ3v) is 2.39. The number of hydrogen-bond donors (Lipinski definition) is 0. The van der Waals surface area contributed by atoms with Gasteiger partial charge in [-0.3, -0.25) is 4.79 Å². The monoisotopic (exact) mass is 248 g/mol. The Kier molecular flexibility index (Phi) is 3.62. The summed E-state index contributed by atoms with van der Waals surface area (Å²) in [5.41, 5.74) is 0. The van der Waals surface area contributed by atoms with Crippen molar-refractivity contribution in [1.82, 2.24) is 0 Å². The Bertz CT molecular complexity index is 510. The summed E-state index contributed by atoms with van der Waals surface area (Å²) in [5.74, 6) is -0.249. The molecule has 0 aliphatic carbocycles. The molecule has 2 rings (SSSR count). The van der Waals surface area contributed by atoms with E-state index in [-0.39, 0.29) is 18.0 Å². The van der Waals surface area contributed by atoms with E-state index in [0.717, 1.165) is 0 Å². The van der Waals surface area contributed by atoms with Crippen LogP contribution < -0.4 is 0 Å². The summed E-state index contributed by atoms with van der Waals surface area (Å²) in [6.45, 7) is 1.36. The lowest BCUT2D eigenvalue weighted by molar-refractivity contribution is -0.125. The molecule has 2 heterocycles. The third kappa shape index (κ3) is 2.88. The van der Waals surface area contributed by atoms with Crippen LogP contribution in [0.1, 0.15) is 23.2 Å². The number of ether oxygens (including phenoxy) is 1. The molecule has 0 saturated carbocycles. The Labute approximate surface area is 103 Å². The molecule has 2 aromatic rings. The van der Waals surface area contributed by atoms with Crippen LogP contribution >= 0.6 is 0 Å². The van der Waals surface area contributed by atoms with Gasteiger partial charge in [0.15, 0.2) is 11.9 Å². The van der Waals surface area contributed by atoms with Crippen LogP contribution in [0.2, 0.25) is 0 Å². The molecule has 0 saturated heterocycles. The molecule has 0 radical (unpaired) electrons. The fourth-order valence-corrected chi connectivity index (χ4v) is 1.46. The Morgan fingerprint density at radius 3 is 2.50 bits per heavy atom. The van der Waals surface area contributed by atoms with Gasteiger partial charge in [0.1, 0.15) is 5.76 Å². The second kappa shape index (κ2) is 5.35. The highest BCUT2D eigenvalue weighted by Crippen LogP contribution is 2.11. The van der Waals surface area contributed by atoms with Crippen molar-refractivity contribution < 1.29 is 23.2 Å². The van der Waals surface area contributed by atoms with E-state index in [2.05, 4.69) is 0 Å². The number of esters is 1. The maximum atomic E-state index is 11.7. The molecule has 0 aliphatic rings. The van der Waals surface area contributed by atoms with E-state index < -0.39 is 12.1 Å². The van der Waals surface area contributed by atoms with Gasteiger partial charge in [-0.1, -0.05) is 0 Å². The minimum Gasteiger partial charge on any atom is -0.469 e. The summed E-state index contributed by atoms with van der Waals surface area (Å²) < 4.78 is 15.1. The SMILES string of the molecule is CC(=O)C(Cc1ccco1)OC(=O)c1ccco1. The Hall–Kier alpha value is -2.30. The average Bonchev–Trinajstić information content (AvgIpc) is 3.00. The predicted octanol–water partition coefficient (Wildman–Crippen LogP) is 2.23. The normalized spacial score (nSPS) is 12.1. The van der Waals surface area contributed by atoms with Crippen molar-refractivity contribution in [3.05, 3.63) is 48.3 Å². The summed E-state index contributed by atoms with van der Waals surface area (Å²) >= 11 is 0. The third-order valence-electron chi connectivity index (χ3n) is 2.39. The molecule has 0 fully saturated rings. The predicted molar refractivity (Wildman–Crippen MR) is 61.0 cm³/mol. The summed E-state index contributed by atoms with van der Waals surface area (Å²) in [7, 11) is 0. The van der Waals surface area contributed by atoms with Crippen LogP contribution in [-0.2, 0) is 16.0 Å². The number of hydrogen-bond acceptors (Lipinski definition) is 5. The van der Waals surface area contributed by atoms with Crippen LogP contribution in [0.5, 0.6) is 0 Å². The molecular weight excluding hydrogens is 236 g/mol. The Balaban J connectivity index is 2.03. The average molecular weight is 248 g/mol. The summed E-state index contributed by atoms with van der Waals surface area (Å²) in [5, 5.41) is 0. The van der Waals surface area contributed by atoms with Crippen molar-refractivity contribution >= 4 is 11.8 Å². The van der Waals surface area contributed by atoms with E-state index in [1.54, 1.807) is 18.2 Å². The van der Waals surface area contributed by atoms with Gasteiger partial charge in [0.2, 0.25) is 5.76 Å². The highest BCUT2D eigenvalue weighted by Gasteiger charge is 2.23. The van der Waals surface area contributed by atoms with Gasteiger partial charge in [-0.25, -0.2) is 4.79 Å². The quantitative estimate of drug-likeness (QED) is 0.759. The summed E-state index contributed by atoms with van der Waals surface area (Å²) in [6, 6.07) is 6.48. The van der Waals surface area contributed by atoms with Gasteiger partial charge in [0.05, 0.1) is 18.9 Å². The molecule has 0 N–H and O–H groups in total. The molecule has 2 aromatic heterocycles. The first-order valence-corrected chi connectivity index (χ1v) is 5.44. The fraction of sp³-hybridized carbons (Fsp3) is 0.231. The van der Waals surface area contributed by atoms with Gasteiger partial charge < -0.3 is 13.6 Å². The molecule has 0 amide bonds. The highest BCUT2D eigenvalue weighted by molar-refractivity contribution is 5.90. The number of rotatable bonds is 5. The molecule has 5 heteroatoms. The lowest BCUT2D eigenvalue weighted by atomic mass is 10.1. The first kappa shape index (κ1) is 12.2. The molecule has 94 valence electrons. The standard InChI is InChI=1S/C13H12O5/c1-9(14)12(8-10-4-2-6-16-10)18-13(15)11-5-3-7-17-11/h2-7,12H,8H2,1H3. The number of furan rings is 2. The summed E-state index contributed by atoms with van der Waals surface area (Å²) in [6.07, 6.45) is 2.22. The van der Waals surface area contributed by atoms with Gasteiger partial charge in [0.25, 0.3) is 0 Å². The van der Waals surface area contributed by atoms with Crippen LogP contribution in [-0.4, -0.2) is 17.9 Å². The van der Waals surface area contributed by atoms with E-state index >= 15 is 0 Å². The first-order valence-electron chi connectivity index (χ1n) is 5.44. The maximum Gasteiger partial charge on any atom is 0.374 e. The van der Waals surface area contributed by atoms with E-state index in [1.165, 1.54) is 25.5 Å². The van der Waals surface area contributed by atoms with E-state index in [4.69, 9.17) is 13.6 Å². The van der Waals surface area contributed by atoms with Crippen LogP contribution in [0.3, 0.4) is 0 Å². The largest absolute Gasteiger partial charge is 0.469 e. The first-order chi connectivity index (χ1) is 8.66. The van der Waals surface area contributed by atoms with Gasteiger partial charge in [0, 0.05) is 0 Å². The lowest BCUT2D eigenvalue weighted by Crippen LogP contribution is -2.27. The fourth-order valence-electron chi connectivity index (χ4n) is 1.46. The zero-order valence-electron chi connectivity index (χ0n) is 9.79. The minimum absolute atomic E-state index is 0.0701. The Morgan fingerprint density at radius 1 is 1.22 bits per heavy atom. The Morgan fingerprint density at radius 2 is 1.94 bits per heavy atom. The topological polar surface area (TPSA) is 69.7 Å². The molecular formula is C13H12O5. The number of carbonyl (C=O) groups excluding carboxylic acids is 2. The van der Waals surface area contributed by atoms with Crippen LogP contribution in [0.25, 0.3) is 0 Å². The lowest BCUT2D eigenvalue weighted by Gasteiger charge is -2.12. The van der Waals surface area contributed by atoms with Crippen LogP contribution in [0.15, 0.2) is 45.6 Å². The van der Waals surface area contributed by atoms with Gasteiger partial charge in [-0.2, -0.15) is 0 Å². The van der Waals surface area contributed by atoms with Crippen molar-refractivity contribution in [2.24, 2.45) is 0 Å². The van der Waals surface area contributed by atoms with Crippen molar-refractivity contribution in [1.29, 1.82) is 0 Å². The number of ketones is 1. The number of Topliss-reactive ketones (excluding diaryl/α,β-unsaturated/α-hetero) is 1. The van der Waals surface area contributed by atoms with Crippen LogP contribution in [0, 0.1) is 0 Å². The molecule has 5 nitrogen and oxygen atoms in total. The second-order valence-corrected chi connectivity index (χ2v) is 3.77. The minimum atomic E-state index is -0.867. The summed E-state index contributed by atoms with van der Waals surface area (Å²) in [4.78, 5) is 23.1. The smallest absolute Gasteiger partial charge is 0.374 e. The van der Waals surface area contributed by atoms with Crippen molar-refractivity contribution in [2.75, 3.05) is 0 Å². The van der Waals surface area contributed by atoms with Gasteiger partial charge in [-0.15, -0.1) is 0 Å². The molecule has 0 spiro atoms. The molecule has 0 bridgehead atoms. The molecule has 0 aliphatic heterocycles. The molecule has 18 heavy (non-hydrogen) atoms. The van der Waals surface area contributed by atoms with Crippen molar-refractivity contribution in [3.63, 3.8) is 0 Å². The molecule has 0 aromatic carbocycles. The van der Waals surface area contributed by atoms with E-state index in [0.29, 0.717) is 5.76 Å². The van der Waals surface area contributed by atoms with Crippen molar-refractivity contribution in [2.45, 2.75) is 19.4 Å². The van der Waals surface area contributed by atoms with Gasteiger partial charge >= 0.3 is 5.97 Å². The van der Waals surface area contributed by atoms with E-state index in [9.17, 15) is 9.59 Å². The molecule has 1 atom stereocenters. The van der Waals surface area contributed by atoms with Gasteiger partial charge in [-0.05, 0) is 31.2 Å². The van der Waals surface area contributed by atoms with Crippen molar-refractivity contribution in [3.8, 4) is 0 Å². The zero-order chi connectivity index (χ0) is 13.0. The zero-order valence-corrected chi connectivity index (χ0v) is 9.79. The van der Waals surface area contributed by atoms with Crippen LogP contribution in [0.4, 0.5) is 0 Å².